The van der Waals surface area contributed by atoms with Crippen molar-refractivity contribution in [1.82, 2.24) is 0 Å². The van der Waals surface area contributed by atoms with Gasteiger partial charge in [0, 0.05) is 17.4 Å². The van der Waals surface area contributed by atoms with Gasteiger partial charge in [0.2, 0.25) is 0 Å². The number of benzene rings is 2. The first-order valence-electron chi connectivity index (χ1n) is 6.21. The second kappa shape index (κ2) is 6.42. The molecule has 6 nitrogen and oxygen atoms in total. The number of hydrogen-bond acceptors (Lipinski definition) is 3. The van der Waals surface area contributed by atoms with Crippen molar-refractivity contribution >= 4 is 23.4 Å². The molecular formula is C15H14N2O4. The highest BCUT2D eigenvalue weighted by Crippen LogP contribution is 2.16. The van der Waals surface area contributed by atoms with Crippen molar-refractivity contribution < 1.29 is 19.8 Å². The predicted molar refractivity (Wildman–Crippen MR) is 78.5 cm³/mol. The monoisotopic (exact) mass is 286 g/mol. The standard InChI is InChI=1S/C15H14N2O4/c18-13-3-1-2-12(9-13)17-15(21)16-11-6-4-10(5-7-11)8-14(19)20/h1-7,9,18H,8H2,(H,19,20)(H2,16,17,21). The Morgan fingerprint density at radius 2 is 1.62 bits per heavy atom. The van der Waals surface area contributed by atoms with E-state index in [4.69, 9.17) is 5.11 Å². The predicted octanol–water partition coefficient (Wildman–Crippen LogP) is 2.66. The number of carboxylic acid groups (broad SMARTS) is 1. The van der Waals surface area contributed by atoms with Crippen LogP contribution in [0.5, 0.6) is 5.75 Å². The van der Waals surface area contributed by atoms with Crippen molar-refractivity contribution in [3.05, 3.63) is 54.1 Å². The maximum atomic E-state index is 11.8. The summed E-state index contributed by atoms with van der Waals surface area (Å²) in [5.41, 5.74) is 1.67. The molecule has 4 N–H and O–H groups in total. The van der Waals surface area contributed by atoms with Gasteiger partial charge in [-0.25, -0.2) is 4.79 Å². The van der Waals surface area contributed by atoms with E-state index in [0.717, 1.165) is 0 Å². The number of phenolic OH excluding ortho intramolecular Hbond substituents is 1. The molecule has 0 bridgehead atoms. The molecule has 0 aliphatic carbocycles. The van der Waals surface area contributed by atoms with Crippen LogP contribution in [0.4, 0.5) is 16.2 Å². The molecule has 0 radical (unpaired) electrons. The lowest BCUT2D eigenvalue weighted by molar-refractivity contribution is -0.136. The van der Waals surface area contributed by atoms with Gasteiger partial charge in [-0.1, -0.05) is 18.2 Å². The van der Waals surface area contributed by atoms with Gasteiger partial charge < -0.3 is 20.8 Å². The fourth-order valence-corrected chi connectivity index (χ4v) is 1.76. The van der Waals surface area contributed by atoms with E-state index < -0.39 is 12.0 Å². The molecular weight excluding hydrogens is 272 g/mol. The number of amides is 2. The topological polar surface area (TPSA) is 98.7 Å². The van der Waals surface area contributed by atoms with Crippen LogP contribution in [0.25, 0.3) is 0 Å². The number of urea groups is 1. The Labute approximate surface area is 121 Å². The number of aliphatic carboxylic acids is 1. The van der Waals surface area contributed by atoms with Gasteiger partial charge in [0.1, 0.15) is 5.75 Å². The summed E-state index contributed by atoms with van der Waals surface area (Å²) in [5, 5.41) is 23.2. The molecule has 0 atom stereocenters. The molecule has 21 heavy (non-hydrogen) atoms. The molecule has 2 amide bonds. The summed E-state index contributed by atoms with van der Waals surface area (Å²) in [6.07, 6.45) is -0.0598. The normalized spacial score (nSPS) is 9.90. The van der Waals surface area contributed by atoms with Gasteiger partial charge in [-0.3, -0.25) is 4.79 Å². The van der Waals surface area contributed by atoms with E-state index in [-0.39, 0.29) is 12.2 Å². The third-order valence-corrected chi connectivity index (χ3v) is 2.67. The Morgan fingerprint density at radius 3 is 2.24 bits per heavy atom. The number of hydrogen-bond donors (Lipinski definition) is 4. The number of anilines is 2. The van der Waals surface area contributed by atoms with Gasteiger partial charge in [0.15, 0.2) is 0 Å². The molecule has 6 heteroatoms. The van der Waals surface area contributed by atoms with Crippen LogP contribution in [0.2, 0.25) is 0 Å². The van der Waals surface area contributed by atoms with Crippen LogP contribution >= 0.6 is 0 Å². The second-order valence-corrected chi connectivity index (χ2v) is 4.40. The summed E-state index contributed by atoms with van der Waals surface area (Å²) in [5.74, 6) is -0.844. The van der Waals surface area contributed by atoms with E-state index >= 15 is 0 Å². The van der Waals surface area contributed by atoms with Crippen LogP contribution in [0.15, 0.2) is 48.5 Å². The number of carboxylic acids is 1. The Kier molecular flexibility index (Phi) is 4.40. The quantitative estimate of drug-likeness (QED) is 0.694. The van der Waals surface area contributed by atoms with Crippen molar-refractivity contribution in [2.45, 2.75) is 6.42 Å². The van der Waals surface area contributed by atoms with Crippen molar-refractivity contribution in [2.24, 2.45) is 0 Å². The van der Waals surface area contributed by atoms with E-state index in [1.54, 1.807) is 36.4 Å². The lowest BCUT2D eigenvalue weighted by Crippen LogP contribution is -2.19. The summed E-state index contributed by atoms with van der Waals surface area (Å²) in [6, 6.07) is 12.3. The molecule has 0 aromatic heterocycles. The van der Waals surface area contributed by atoms with Crippen molar-refractivity contribution in [3.63, 3.8) is 0 Å². The Hall–Kier alpha value is -3.02. The first kappa shape index (κ1) is 14.4. The van der Waals surface area contributed by atoms with Crippen molar-refractivity contribution in [3.8, 4) is 5.75 Å². The van der Waals surface area contributed by atoms with Crippen LogP contribution in [0.1, 0.15) is 5.56 Å². The molecule has 0 saturated carbocycles. The van der Waals surface area contributed by atoms with Crippen LogP contribution < -0.4 is 10.6 Å². The lowest BCUT2D eigenvalue weighted by Gasteiger charge is -2.08. The van der Waals surface area contributed by atoms with E-state index in [1.165, 1.54) is 12.1 Å². The smallest absolute Gasteiger partial charge is 0.323 e. The minimum Gasteiger partial charge on any atom is -0.508 e. The molecule has 2 aromatic carbocycles. The second-order valence-electron chi connectivity index (χ2n) is 4.40. The van der Waals surface area contributed by atoms with Gasteiger partial charge in [-0.15, -0.1) is 0 Å². The summed E-state index contributed by atoms with van der Waals surface area (Å²) in [4.78, 5) is 22.3. The minimum atomic E-state index is -0.905. The first-order valence-corrected chi connectivity index (χ1v) is 6.21. The molecule has 2 rings (SSSR count). The SMILES string of the molecule is O=C(O)Cc1ccc(NC(=O)Nc2cccc(O)c2)cc1. The van der Waals surface area contributed by atoms with Crippen LogP contribution in [-0.2, 0) is 11.2 Å². The fourth-order valence-electron chi connectivity index (χ4n) is 1.76. The molecule has 2 aromatic rings. The Morgan fingerprint density at radius 1 is 0.952 bits per heavy atom. The largest absolute Gasteiger partial charge is 0.508 e. The zero-order valence-electron chi connectivity index (χ0n) is 11.0. The highest BCUT2D eigenvalue weighted by Gasteiger charge is 2.04. The van der Waals surface area contributed by atoms with Crippen LogP contribution in [0.3, 0.4) is 0 Å². The zero-order valence-corrected chi connectivity index (χ0v) is 11.0. The minimum absolute atomic E-state index is 0.0598. The van der Waals surface area contributed by atoms with Crippen molar-refractivity contribution in [1.29, 1.82) is 0 Å². The molecule has 0 aliphatic rings. The fraction of sp³-hybridized carbons (Fsp3) is 0.0667. The average Bonchev–Trinajstić information content (AvgIpc) is 2.40. The first-order chi connectivity index (χ1) is 10.0. The van der Waals surface area contributed by atoms with E-state index in [9.17, 15) is 14.7 Å². The maximum Gasteiger partial charge on any atom is 0.323 e. The number of carbonyl (C=O) groups excluding carboxylic acids is 1. The molecule has 0 saturated heterocycles. The van der Waals surface area contributed by atoms with E-state index in [1.807, 2.05) is 0 Å². The van der Waals surface area contributed by atoms with Crippen molar-refractivity contribution in [2.75, 3.05) is 10.6 Å². The third-order valence-electron chi connectivity index (χ3n) is 2.67. The van der Waals surface area contributed by atoms with Gasteiger partial charge >= 0.3 is 12.0 Å². The molecule has 0 heterocycles. The molecule has 0 unspecified atom stereocenters. The highest BCUT2D eigenvalue weighted by molar-refractivity contribution is 5.99. The van der Waals surface area contributed by atoms with Gasteiger partial charge in [0.25, 0.3) is 0 Å². The summed E-state index contributed by atoms with van der Waals surface area (Å²) in [6.45, 7) is 0. The summed E-state index contributed by atoms with van der Waals surface area (Å²) in [7, 11) is 0. The van der Waals surface area contributed by atoms with Gasteiger partial charge in [-0.2, -0.15) is 0 Å². The lowest BCUT2D eigenvalue weighted by atomic mass is 10.1. The maximum absolute atomic E-state index is 11.8. The van der Waals surface area contributed by atoms with Gasteiger partial charge in [0.05, 0.1) is 6.42 Å². The number of carbonyl (C=O) groups is 2. The Balaban J connectivity index is 1.95. The zero-order chi connectivity index (χ0) is 15.2. The average molecular weight is 286 g/mol. The summed E-state index contributed by atoms with van der Waals surface area (Å²) < 4.78 is 0. The van der Waals surface area contributed by atoms with Crippen LogP contribution in [0, 0.1) is 0 Å². The van der Waals surface area contributed by atoms with Crippen LogP contribution in [-0.4, -0.2) is 22.2 Å². The molecule has 0 aliphatic heterocycles. The van der Waals surface area contributed by atoms with E-state index in [0.29, 0.717) is 16.9 Å². The third kappa shape index (κ3) is 4.54. The number of nitrogens with one attached hydrogen (secondary N) is 2. The number of rotatable bonds is 4. The van der Waals surface area contributed by atoms with E-state index in [2.05, 4.69) is 10.6 Å². The molecule has 108 valence electrons. The molecule has 0 fully saturated rings. The summed E-state index contributed by atoms with van der Waals surface area (Å²) >= 11 is 0. The van der Waals surface area contributed by atoms with Gasteiger partial charge in [-0.05, 0) is 29.8 Å². The number of aromatic hydroxyl groups is 1. The Bertz CT molecular complexity index is 653. The number of phenols is 1. The highest BCUT2D eigenvalue weighted by atomic mass is 16.4. The molecule has 0 spiro atoms.